The average molecular weight is 361 g/mol. The van der Waals surface area contributed by atoms with Crippen molar-refractivity contribution in [1.82, 2.24) is 9.47 Å². The van der Waals surface area contributed by atoms with Gasteiger partial charge in [0.15, 0.2) is 0 Å². The van der Waals surface area contributed by atoms with Crippen LogP contribution in [0.25, 0.3) is 5.69 Å². The fourth-order valence-electron chi connectivity index (χ4n) is 3.60. The molecule has 138 valence electrons. The molecule has 5 nitrogen and oxygen atoms in total. The molecular weight excluding hydrogens is 338 g/mol. The van der Waals surface area contributed by atoms with Crippen LogP contribution in [0.3, 0.4) is 0 Å². The Bertz CT molecular complexity index is 963. The highest BCUT2D eigenvalue weighted by Gasteiger charge is 2.28. The lowest BCUT2D eigenvalue weighted by molar-refractivity contribution is 0.189. The zero-order valence-corrected chi connectivity index (χ0v) is 15.6. The average Bonchev–Trinajstić information content (AvgIpc) is 3.13. The number of urea groups is 1. The van der Waals surface area contributed by atoms with E-state index in [0.717, 1.165) is 16.9 Å². The topological polar surface area (TPSA) is 46.5 Å². The van der Waals surface area contributed by atoms with Crippen molar-refractivity contribution in [3.05, 3.63) is 78.1 Å². The molecule has 27 heavy (non-hydrogen) atoms. The van der Waals surface area contributed by atoms with Gasteiger partial charge in [-0.05, 0) is 49.7 Å². The van der Waals surface area contributed by atoms with E-state index in [1.807, 2.05) is 54.3 Å². The lowest BCUT2D eigenvalue weighted by Gasteiger charge is -2.28. The van der Waals surface area contributed by atoms with Crippen LogP contribution in [-0.2, 0) is 6.54 Å². The SMILES string of the molecule is CCOc1ccccc1NC(=O)N1Cc2ccccc2-n2cccc2[C@@H]1C. The van der Waals surface area contributed by atoms with Gasteiger partial charge in [-0.3, -0.25) is 0 Å². The Morgan fingerprint density at radius 3 is 2.74 bits per heavy atom. The number of benzene rings is 2. The van der Waals surface area contributed by atoms with Gasteiger partial charge >= 0.3 is 6.03 Å². The first-order valence-electron chi connectivity index (χ1n) is 9.24. The summed E-state index contributed by atoms with van der Waals surface area (Å²) in [4.78, 5) is 15.0. The molecule has 0 saturated carbocycles. The predicted octanol–water partition coefficient (Wildman–Crippen LogP) is 4.98. The first-order chi connectivity index (χ1) is 13.2. The van der Waals surface area contributed by atoms with Crippen LogP contribution in [-0.4, -0.2) is 22.1 Å². The number of anilines is 1. The number of aromatic nitrogens is 1. The number of ether oxygens (including phenoxy) is 1. The van der Waals surface area contributed by atoms with Crippen molar-refractivity contribution in [3.63, 3.8) is 0 Å². The number of fused-ring (bicyclic) bond motifs is 3. The number of carbonyl (C=O) groups excluding carboxylic acids is 1. The lowest BCUT2D eigenvalue weighted by atomic mass is 10.1. The molecule has 0 aliphatic carbocycles. The molecule has 0 saturated heterocycles. The second-order valence-corrected chi connectivity index (χ2v) is 6.59. The fraction of sp³-hybridized carbons (Fsp3) is 0.227. The molecule has 1 aliphatic rings. The van der Waals surface area contributed by atoms with Crippen molar-refractivity contribution >= 4 is 11.7 Å². The maximum absolute atomic E-state index is 13.2. The van der Waals surface area contributed by atoms with E-state index in [1.54, 1.807) is 0 Å². The van der Waals surface area contributed by atoms with Crippen LogP contribution in [0.1, 0.15) is 31.1 Å². The Hall–Kier alpha value is -3.21. The Morgan fingerprint density at radius 2 is 1.89 bits per heavy atom. The van der Waals surface area contributed by atoms with Gasteiger partial charge in [-0.25, -0.2) is 4.79 Å². The first-order valence-corrected chi connectivity index (χ1v) is 9.24. The van der Waals surface area contributed by atoms with Gasteiger partial charge in [0.05, 0.1) is 30.6 Å². The standard InChI is InChI=1S/C22H23N3O2/c1-3-27-21-13-7-5-10-18(21)23-22(26)25-15-17-9-4-6-11-20(17)24-14-8-12-19(24)16(25)2/h4-14,16H,3,15H2,1-2H3,(H,23,26)/t16-/m0/s1. The van der Waals surface area contributed by atoms with Gasteiger partial charge in [-0.2, -0.15) is 0 Å². The smallest absolute Gasteiger partial charge is 0.322 e. The molecule has 0 spiro atoms. The zero-order chi connectivity index (χ0) is 18.8. The normalized spacial score (nSPS) is 15.5. The van der Waals surface area contributed by atoms with Crippen LogP contribution in [0.5, 0.6) is 5.75 Å². The predicted molar refractivity (Wildman–Crippen MR) is 106 cm³/mol. The fourth-order valence-corrected chi connectivity index (χ4v) is 3.60. The quantitative estimate of drug-likeness (QED) is 0.715. The molecule has 0 unspecified atom stereocenters. The Kier molecular flexibility index (Phi) is 4.59. The highest BCUT2D eigenvalue weighted by atomic mass is 16.5. The lowest BCUT2D eigenvalue weighted by Crippen LogP contribution is -2.36. The van der Waals surface area contributed by atoms with Crippen molar-refractivity contribution in [1.29, 1.82) is 0 Å². The minimum absolute atomic E-state index is 0.0633. The summed E-state index contributed by atoms with van der Waals surface area (Å²) in [6, 6.07) is 19.6. The van der Waals surface area contributed by atoms with Crippen molar-refractivity contribution < 1.29 is 9.53 Å². The molecule has 1 N–H and O–H groups in total. The molecule has 2 amide bonds. The number of amides is 2. The second-order valence-electron chi connectivity index (χ2n) is 6.59. The van der Waals surface area contributed by atoms with E-state index >= 15 is 0 Å². The second kappa shape index (κ2) is 7.19. The molecule has 0 fully saturated rings. The molecule has 1 aliphatic heterocycles. The number of rotatable bonds is 3. The van der Waals surface area contributed by atoms with Gasteiger partial charge in [0, 0.05) is 11.9 Å². The number of nitrogens with zero attached hydrogens (tertiary/aromatic N) is 2. The van der Waals surface area contributed by atoms with Gasteiger partial charge in [0.25, 0.3) is 0 Å². The number of carbonyl (C=O) groups is 1. The Morgan fingerprint density at radius 1 is 1.11 bits per heavy atom. The monoisotopic (exact) mass is 361 g/mol. The Balaban J connectivity index is 1.67. The van der Waals surface area contributed by atoms with Gasteiger partial charge < -0.3 is 19.5 Å². The van der Waals surface area contributed by atoms with Crippen LogP contribution >= 0.6 is 0 Å². The summed E-state index contributed by atoms with van der Waals surface area (Å²) in [7, 11) is 0. The van der Waals surface area contributed by atoms with Gasteiger partial charge in [-0.15, -0.1) is 0 Å². The summed E-state index contributed by atoms with van der Waals surface area (Å²) in [5.74, 6) is 0.680. The van der Waals surface area contributed by atoms with Crippen molar-refractivity contribution in [3.8, 4) is 11.4 Å². The zero-order valence-electron chi connectivity index (χ0n) is 15.6. The highest BCUT2D eigenvalue weighted by Crippen LogP contribution is 2.33. The largest absolute Gasteiger partial charge is 0.492 e. The van der Waals surface area contributed by atoms with Crippen LogP contribution < -0.4 is 10.1 Å². The van der Waals surface area contributed by atoms with E-state index in [9.17, 15) is 4.79 Å². The highest BCUT2D eigenvalue weighted by molar-refractivity contribution is 5.91. The molecule has 3 aromatic rings. The van der Waals surface area contributed by atoms with E-state index in [1.165, 1.54) is 0 Å². The van der Waals surface area contributed by atoms with Crippen LogP contribution in [0.2, 0.25) is 0 Å². The third-order valence-electron chi connectivity index (χ3n) is 4.96. The third-order valence-corrected chi connectivity index (χ3v) is 4.96. The molecule has 5 heteroatoms. The number of para-hydroxylation sites is 3. The molecule has 1 aromatic heterocycles. The van der Waals surface area contributed by atoms with E-state index < -0.39 is 0 Å². The summed E-state index contributed by atoms with van der Waals surface area (Å²) in [5, 5.41) is 3.03. The van der Waals surface area contributed by atoms with Crippen molar-refractivity contribution in [2.75, 3.05) is 11.9 Å². The number of hydrogen-bond donors (Lipinski definition) is 1. The molecule has 0 radical (unpaired) electrons. The van der Waals surface area contributed by atoms with E-state index in [-0.39, 0.29) is 12.1 Å². The molecule has 2 aromatic carbocycles. The van der Waals surface area contributed by atoms with Crippen molar-refractivity contribution in [2.24, 2.45) is 0 Å². The van der Waals surface area contributed by atoms with Gasteiger partial charge in [-0.1, -0.05) is 30.3 Å². The van der Waals surface area contributed by atoms with Crippen LogP contribution in [0, 0.1) is 0 Å². The summed E-state index contributed by atoms with van der Waals surface area (Å²) in [5.41, 5.74) is 4.01. The minimum Gasteiger partial charge on any atom is -0.492 e. The van der Waals surface area contributed by atoms with E-state index in [4.69, 9.17) is 4.74 Å². The molecular formula is C22H23N3O2. The van der Waals surface area contributed by atoms with Gasteiger partial charge in [0.2, 0.25) is 0 Å². The summed E-state index contributed by atoms with van der Waals surface area (Å²) in [6.07, 6.45) is 2.05. The third kappa shape index (κ3) is 3.16. The maximum atomic E-state index is 13.2. The summed E-state index contributed by atoms with van der Waals surface area (Å²) >= 11 is 0. The minimum atomic E-state index is -0.140. The molecule has 0 bridgehead atoms. The van der Waals surface area contributed by atoms with Crippen LogP contribution in [0.15, 0.2) is 66.9 Å². The molecule has 2 heterocycles. The maximum Gasteiger partial charge on any atom is 0.322 e. The molecule has 1 atom stereocenters. The number of nitrogens with one attached hydrogen (secondary N) is 1. The number of hydrogen-bond acceptors (Lipinski definition) is 2. The van der Waals surface area contributed by atoms with E-state index in [0.29, 0.717) is 24.6 Å². The summed E-state index contributed by atoms with van der Waals surface area (Å²) in [6.45, 7) is 5.09. The summed E-state index contributed by atoms with van der Waals surface area (Å²) < 4.78 is 7.81. The Labute approximate surface area is 159 Å². The van der Waals surface area contributed by atoms with Crippen molar-refractivity contribution in [2.45, 2.75) is 26.4 Å². The van der Waals surface area contributed by atoms with E-state index in [2.05, 4.69) is 41.2 Å². The first kappa shape index (κ1) is 17.2. The van der Waals surface area contributed by atoms with Crippen LogP contribution in [0.4, 0.5) is 10.5 Å². The molecule has 4 rings (SSSR count). The van der Waals surface area contributed by atoms with Gasteiger partial charge in [0.1, 0.15) is 5.75 Å².